The average Bonchev–Trinajstić information content (AvgIpc) is 2.77. The predicted molar refractivity (Wildman–Crippen MR) is 46.0 cm³/mol. The Balaban J connectivity index is 2.29. The van der Waals surface area contributed by atoms with Crippen LogP contribution in [0, 0.1) is 0 Å². The highest BCUT2D eigenvalue weighted by atomic mass is 35.5. The van der Waals surface area contributed by atoms with Gasteiger partial charge in [0.2, 0.25) is 0 Å². The molecule has 0 heterocycles. The SMILES string of the molecule is FC(F)(F)CN(CCCCl)C1CC1. The molecule has 13 heavy (non-hydrogen) atoms. The van der Waals surface area contributed by atoms with Crippen LogP contribution >= 0.6 is 11.6 Å². The Morgan fingerprint density at radius 3 is 2.31 bits per heavy atom. The maximum absolute atomic E-state index is 12.0. The Hall–Kier alpha value is 0.0400. The van der Waals surface area contributed by atoms with Gasteiger partial charge in [-0.1, -0.05) is 0 Å². The number of hydrogen-bond acceptors (Lipinski definition) is 1. The van der Waals surface area contributed by atoms with Crippen molar-refractivity contribution in [3.8, 4) is 0 Å². The molecule has 1 aliphatic carbocycles. The monoisotopic (exact) mass is 215 g/mol. The Morgan fingerprint density at radius 2 is 1.92 bits per heavy atom. The zero-order valence-electron chi connectivity index (χ0n) is 7.28. The molecule has 78 valence electrons. The van der Waals surface area contributed by atoms with Gasteiger partial charge < -0.3 is 0 Å². The van der Waals surface area contributed by atoms with Gasteiger partial charge in [-0.25, -0.2) is 0 Å². The van der Waals surface area contributed by atoms with Gasteiger partial charge in [-0.2, -0.15) is 13.2 Å². The average molecular weight is 216 g/mol. The van der Waals surface area contributed by atoms with Gasteiger partial charge in [0.1, 0.15) is 0 Å². The lowest BCUT2D eigenvalue weighted by molar-refractivity contribution is -0.147. The van der Waals surface area contributed by atoms with Gasteiger partial charge in [-0.15, -0.1) is 11.6 Å². The molecule has 0 atom stereocenters. The second kappa shape index (κ2) is 4.51. The highest BCUT2D eigenvalue weighted by molar-refractivity contribution is 6.17. The Bertz CT molecular complexity index is 156. The summed E-state index contributed by atoms with van der Waals surface area (Å²) < 4.78 is 36.1. The molecule has 0 unspecified atom stereocenters. The van der Waals surface area contributed by atoms with E-state index in [1.807, 2.05) is 0 Å². The molecular formula is C8H13ClF3N. The van der Waals surface area contributed by atoms with Crippen molar-refractivity contribution >= 4 is 11.6 Å². The summed E-state index contributed by atoms with van der Waals surface area (Å²) in [5.74, 6) is 0.432. The second-order valence-electron chi connectivity index (χ2n) is 3.36. The van der Waals surface area contributed by atoms with Crippen molar-refractivity contribution in [2.45, 2.75) is 31.5 Å². The molecule has 0 aromatic carbocycles. The number of alkyl halides is 4. The van der Waals surface area contributed by atoms with Crippen LogP contribution < -0.4 is 0 Å². The van der Waals surface area contributed by atoms with Gasteiger partial charge in [0, 0.05) is 11.9 Å². The third-order valence-corrected chi connectivity index (χ3v) is 2.29. The van der Waals surface area contributed by atoms with Gasteiger partial charge in [-0.05, 0) is 25.8 Å². The summed E-state index contributed by atoms with van der Waals surface area (Å²) in [6.45, 7) is -0.317. The zero-order valence-corrected chi connectivity index (χ0v) is 8.03. The Labute approximate surface area is 80.8 Å². The first kappa shape index (κ1) is 11.1. The van der Waals surface area contributed by atoms with Crippen molar-refractivity contribution < 1.29 is 13.2 Å². The summed E-state index contributed by atoms with van der Waals surface area (Å²) in [5, 5.41) is 0. The minimum atomic E-state index is -4.07. The number of nitrogens with zero attached hydrogens (tertiary/aromatic N) is 1. The molecule has 1 fully saturated rings. The summed E-state index contributed by atoms with van der Waals surface area (Å²) in [6, 6.07) is 0.157. The molecule has 5 heteroatoms. The first-order valence-corrected chi connectivity index (χ1v) is 4.93. The summed E-state index contributed by atoms with van der Waals surface area (Å²) in [4.78, 5) is 1.49. The van der Waals surface area contributed by atoms with E-state index in [4.69, 9.17) is 11.6 Å². The van der Waals surface area contributed by atoms with E-state index in [1.54, 1.807) is 0 Å². The molecule has 0 bridgehead atoms. The van der Waals surface area contributed by atoms with Crippen molar-refractivity contribution in [1.29, 1.82) is 0 Å². The van der Waals surface area contributed by atoms with E-state index in [1.165, 1.54) is 4.90 Å². The van der Waals surface area contributed by atoms with Crippen molar-refractivity contribution in [1.82, 2.24) is 4.90 Å². The van der Waals surface area contributed by atoms with E-state index in [0.29, 0.717) is 18.8 Å². The van der Waals surface area contributed by atoms with Crippen LogP contribution in [0.15, 0.2) is 0 Å². The molecule has 0 spiro atoms. The Kier molecular flexibility index (Phi) is 3.86. The fourth-order valence-corrected chi connectivity index (χ4v) is 1.44. The molecule has 0 amide bonds. The summed E-state index contributed by atoms with van der Waals surface area (Å²) in [7, 11) is 0. The molecule has 0 aromatic rings. The fraction of sp³-hybridized carbons (Fsp3) is 1.00. The lowest BCUT2D eigenvalue weighted by atomic mass is 10.4. The van der Waals surface area contributed by atoms with Crippen molar-refractivity contribution in [2.24, 2.45) is 0 Å². The summed E-state index contributed by atoms with van der Waals surface area (Å²) in [6.07, 6.45) is -1.64. The van der Waals surface area contributed by atoms with E-state index in [-0.39, 0.29) is 6.04 Å². The van der Waals surface area contributed by atoms with Crippen LogP contribution in [0.5, 0.6) is 0 Å². The largest absolute Gasteiger partial charge is 0.401 e. The standard InChI is InChI=1S/C8H13ClF3N/c9-4-1-5-13(7-2-3-7)6-8(10,11)12/h7H,1-6H2. The van der Waals surface area contributed by atoms with E-state index < -0.39 is 12.7 Å². The van der Waals surface area contributed by atoms with Crippen LogP contribution in [0.4, 0.5) is 13.2 Å². The van der Waals surface area contributed by atoms with Gasteiger partial charge in [-0.3, -0.25) is 4.90 Å². The highest BCUT2D eigenvalue weighted by Crippen LogP contribution is 2.30. The van der Waals surface area contributed by atoms with Crippen LogP contribution in [0.3, 0.4) is 0 Å². The first-order valence-electron chi connectivity index (χ1n) is 4.39. The lowest BCUT2D eigenvalue weighted by Crippen LogP contribution is -2.36. The third kappa shape index (κ3) is 4.72. The van der Waals surface area contributed by atoms with Crippen LogP contribution in [-0.2, 0) is 0 Å². The summed E-state index contributed by atoms with van der Waals surface area (Å²) in [5.41, 5.74) is 0. The van der Waals surface area contributed by atoms with Crippen LogP contribution in [-0.4, -0.2) is 36.1 Å². The first-order chi connectivity index (χ1) is 6.03. The minimum absolute atomic E-state index is 0.157. The van der Waals surface area contributed by atoms with Crippen LogP contribution in [0.1, 0.15) is 19.3 Å². The van der Waals surface area contributed by atoms with Gasteiger partial charge in [0.15, 0.2) is 0 Å². The molecule has 0 aromatic heterocycles. The van der Waals surface area contributed by atoms with E-state index in [2.05, 4.69) is 0 Å². The number of halogens is 4. The highest BCUT2D eigenvalue weighted by Gasteiger charge is 2.37. The molecule has 0 aliphatic heterocycles. The fourth-order valence-electron chi connectivity index (χ4n) is 1.32. The smallest absolute Gasteiger partial charge is 0.292 e. The maximum Gasteiger partial charge on any atom is 0.401 e. The molecule has 0 N–H and O–H groups in total. The van der Waals surface area contributed by atoms with E-state index in [0.717, 1.165) is 12.8 Å². The second-order valence-corrected chi connectivity index (χ2v) is 3.74. The predicted octanol–water partition coefficient (Wildman–Crippen LogP) is 2.64. The van der Waals surface area contributed by atoms with Gasteiger partial charge in [0.25, 0.3) is 0 Å². The van der Waals surface area contributed by atoms with E-state index in [9.17, 15) is 13.2 Å². The minimum Gasteiger partial charge on any atom is -0.292 e. The van der Waals surface area contributed by atoms with Gasteiger partial charge >= 0.3 is 6.18 Å². The Morgan fingerprint density at radius 1 is 1.31 bits per heavy atom. The zero-order chi connectivity index (χ0) is 9.90. The van der Waals surface area contributed by atoms with Gasteiger partial charge in [0.05, 0.1) is 6.54 Å². The topological polar surface area (TPSA) is 3.24 Å². The van der Waals surface area contributed by atoms with Crippen LogP contribution in [0.25, 0.3) is 0 Å². The molecule has 0 radical (unpaired) electrons. The quantitative estimate of drug-likeness (QED) is 0.638. The van der Waals surface area contributed by atoms with Crippen molar-refractivity contribution in [2.75, 3.05) is 19.0 Å². The molecule has 1 saturated carbocycles. The molecule has 1 rings (SSSR count). The number of rotatable bonds is 5. The molecule has 0 saturated heterocycles. The molecule has 1 aliphatic rings. The van der Waals surface area contributed by atoms with Crippen LogP contribution in [0.2, 0.25) is 0 Å². The normalized spacial score (nSPS) is 18.2. The maximum atomic E-state index is 12.0. The summed E-state index contributed by atoms with van der Waals surface area (Å²) >= 11 is 5.43. The van der Waals surface area contributed by atoms with Crippen molar-refractivity contribution in [3.05, 3.63) is 0 Å². The van der Waals surface area contributed by atoms with Crippen molar-refractivity contribution in [3.63, 3.8) is 0 Å². The molecular weight excluding hydrogens is 203 g/mol. The number of hydrogen-bond donors (Lipinski definition) is 0. The third-order valence-electron chi connectivity index (χ3n) is 2.02. The molecule has 1 nitrogen and oxygen atoms in total. The van der Waals surface area contributed by atoms with E-state index >= 15 is 0 Å². The lowest BCUT2D eigenvalue weighted by Gasteiger charge is -2.22.